The molecular weight excluding hydrogens is 522 g/mol. The van der Waals surface area contributed by atoms with Gasteiger partial charge in [-0.3, -0.25) is 4.79 Å². The Morgan fingerprint density at radius 3 is 2.42 bits per heavy atom. The van der Waals surface area contributed by atoms with Gasteiger partial charge in [0.2, 0.25) is 5.91 Å². The number of anilines is 1. The van der Waals surface area contributed by atoms with Crippen LogP contribution in [0.2, 0.25) is 0 Å². The Morgan fingerprint density at radius 1 is 0.947 bits per heavy atom. The van der Waals surface area contributed by atoms with Gasteiger partial charge in [-0.05, 0) is 42.5 Å². The van der Waals surface area contributed by atoms with Crippen LogP contribution in [-0.2, 0) is 14.8 Å². The van der Waals surface area contributed by atoms with E-state index in [9.17, 15) is 18.0 Å². The van der Waals surface area contributed by atoms with Gasteiger partial charge in [-0.15, -0.1) is 11.3 Å². The fourth-order valence-corrected chi connectivity index (χ4v) is 8.12. The van der Waals surface area contributed by atoms with Gasteiger partial charge >= 0.3 is 6.03 Å². The van der Waals surface area contributed by atoms with Crippen LogP contribution in [0.25, 0.3) is 10.1 Å². The fraction of sp³-hybridized carbons (Fsp3) is 0.444. The van der Waals surface area contributed by atoms with Crippen LogP contribution in [-0.4, -0.2) is 84.3 Å². The first kappa shape index (κ1) is 25.1. The molecule has 2 saturated heterocycles. The lowest BCUT2D eigenvalue weighted by molar-refractivity contribution is -0.136. The lowest BCUT2D eigenvalue weighted by Gasteiger charge is -2.39. The van der Waals surface area contributed by atoms with E-state index in [1.807, 2.05) is 12.3 Å². The number of pyridine rings is 1. The summed E-state index contributed by atoms with van der Waals surface area (Å²) in [6.45, 7) is 2.10. The summed E-state index contributed by atoms with van der Waals surface area (Å²) in [6.07, 6.45) is 6.44. The molecular formula is C27H31N5O4S2. The van der Waals surface area contributed by atoms with Crippen LogP contribution in [0, 0.1) is 0 Å². The van der Waals surface area contributed by atoms with E-state index >= 15 is 0 Å². The van der Waals surface area contributed by atoms with Crippen LogP contribution in [0.15, 0.2) is 58.9 Å². The van der Waals surface area contributed by atoms with Crippen molar-refractivity contribution in [1.82, 2.24) is 19.1 Å². The molecule has 3 amide bonds. The van der Waals surface area contributed by atoms with Gasteiger partial charge in [-0.2, -0.15) is 0 Å². The molecule has 3 aliphatic rings. The SMILES string of the molecule is O=C(C1CN(S(=O)(=O)c2ccccc2)C(=O)N1C1CCCCC1)N1CCN(c2nccc3sccc23)CC1. The highest BCUT2D eigenvalue weighted by Crippen LogP contribution is 2.33. The zero-order chi connectivity index (χ0) is 26.3. The highest BCUT2D eigenvalue weighted by atomic mass is 32.2. The largest absolute Gasteiger partial charge is 0.353 e. The van der Waals surface area contributed by atoms with Crippen molar-refractivity contribution in [1.29, 1.82) is 0 Å². The van der Waals surface area contributed by atoms with Crippen LogP contribution in [0.3, 0.4) is 0 Å². The molecule has 4 heterocycles. The monoisotopic (exact) mass is 553 g/mol. The molecule has 0 spiro atoms. The third kappa shape index (κ3) is 4.41. The summed E-state index contributed by atoms with van der Waals surface area (Å²) in [5.74, 6) is 0.756. The summed E-state index contributed by atoms with van der Waals surface area (Å²) in [6, 6.07) is 10.6. The highest BCUT2D eigenvalue weighted by molar-refractivity contribution is 7.89. The maximum Gasteiger partial charge on any atom is 0.335 e. The lowest BCUT2D eigenvalue weighted by atomic mass is 9.93. The number of nitrogens with zero attached hydrogens (tertiary/aromatic N) is 5. The summed E-state index contributed by atoms with van der Waals surface area (Å²) in [5, 5.41) is 3.17. The van der Waals surface area contributed by atoms with E-state index in [0.717, 1.165) is 47.6 Å². The van der Waals surface area contributed by atoms with Crippen molar-refractivity contribution in [2.75, 3.05) is 37.6 Å². The number of rotatable bonds is 5. The van der Waals surface area contributed by atoms with Crippen molar-refractivity contribution in [3.63, 3.8) is 0 Å². The first-order valence-electron chi connectivity index (χ1n) is 13.2. The van der Waals surface area contributed by atoms with Gasteiger partial charge in [0.25, 0.3) is 10.0 Å². The molecule has 6 rings (SSSR count). The molecule has 0 bridgehead atoms. The summed E-state index contributed by atoms with van der Waals surface area (Å²) in [7, 11) is -4.06. The van der Waals surface area contributed by atoms with E-state index in [1.165, 1.54) is 16.8 Å². The average molecular weight is 554 g/mol. The van der Waals surface area contributed by atoms with Crippen LogP contribution in [0.5, 0.6) is 0 Å². The van der Waals surface area contributed by atoms with Crippen molar-refractivity contribution in [2.45, 2.75) is 49.1 Å². The van der Waals surface area contributed by atoms with Gasteiger partial charge in [-0.1, -0.05) is 37.5 Å². The second kappa shape index (κ2) is 10.2. The molecule has 2 aromatic heterocycles. The molecule has 2 aliphatic heterocycles. The molecule has 0 N–H and O–H groups in total. The predicted octanol–water partition coefficient (Wildman–Crippen LogP) is 3.77. The fourth-order valence-electron chi connectivity index (χ4n) is 5.95. The van der Waals surface area contributed by atoms with Gasteiger partial charge in [-0.25, -0.2) is 22.5 Å². The molecule has 1 atom stereocenters. The minimum atomic E-state index is -4.06. The zero-order valence-corrected chi connectivity index (χ0v) is 22.7. The van der Waals surface area contributed by atoms with E-state index < -0.39 is 22.1 Å². The standard InChI is InChI=1S/C27H31N5O4S2/c33-26(30-16-14-29(15-17-30)25-22-12-18-37-24(22)11-13-28-25)23-19-31(38(35,36)21-9-5-2-6-10-21)27(34)32(23)20-7-3-1-4-8-20/h2,5-6,9-13,18,20,23H,1,3-4,7-8,14-17,19H2. The van der Waals surface area contributed by atoms with Crippen molar-refractivity contribution < 1.29 is 18.0 Å². The number of sulfonamides is 1. The molecule has 38 heavy (non-hydrogen) atoms. The molecule has 9 nitrogen and oxygen atoms in total. The van der Waals surface area contributed by atoms with Gasteiger partial charge < -0.3 is 14.7 Å². The quantitative estimate of drug-likeness (QED) is 0.478. The van der Waals surface area contributed by atoms with Crippen LogP contribution in [0.4, 0.5) is 10.6 Å². The molecule has 1 aromatic carbocycles. The van der Waals surface area contributed by atoms with E-state index in [1.54, 1.807) is 39.3 Å². The van der Waals surface area contributed by atoms with Gasteiger partial charge in [0, 0.05) is 48.5 Å². The topological polar surface area (TPSA) is 94.1 Å². The third-order valence-corrected chi connectivity index (χ3v) is 10.6. The van der Waals surface area contributed by atoms with Gasteiger partial charge in [0.1, 0.15) is 11.9 Å². The Hall–Kier alpha value is -3.18. The average Bonchev–Trinajstić information content (AvgIpc) is 3.58. The second-order valence-corrected chi connectivity index (χ2v) is 12.9. The number of urea groups is 1. The van der Waals surface area contributed by atoms with E-state index in [4.69, 9.17) is 0 Å². The molecule has 11 heteroatoms. The molecule has 1 aliphatic carbocycles. The zero-order valence-electron chi connectivity index (χ0n) is 21.1. The Kier molecular flexibility index (Phi) is 6.73. The molecule has 200 valence electrons. The molecule has 1 saturated carbocycles. The Morgan fingerprint density at radius 2 is 1.68 bits per heavy atom. The summed E-state index contributed by atoms with van der Waals surface area (Å²) in [5.41, 5.74) is 0. The predicted molar refractivity (Wildman–Crippen MR) is 147 cm³/mol. The molecule has 1 unspecified atom stereocenters. The summed E-state index contributed by atoms with van der Waals surface area (Å²) >= 11 is 1.68. The Balaban J connectivity index is 1.23. The number of aromatic nitrogens is 1. The second-order valence-electron chi connectivity index (χ2n) is 10.1. The normalized spacial score (nSPS) is 21.5. The number of thiophene rings is 1. The van der Waals surface area contributed by atoms with Gasteiger partial charge in [0.05, 0.1) is 11.4 Å². The molecule has 3 aromatic rings. The maximum absolute atomic E-state index is 13.9. The highest BCUT2D eigenvalue weighted by Gasteiger charge is 2.50. The van der Waals surface area contributed by atoms with Gasteiger partial charge in [0.15, 0.2) is 0 Å². The Bertz CT molecular complexity index is 1430. The maximum atomic E-state index is 13.9. The smallest absolute Gasteiger partial charge is 0.335 e. The minimum Gasteiger partial charge on any atom is -0.353 e. The molecule has 3 fully saturated rings. The number of hydrogen-bond acceptors (Lipinski definition) is 7. The van der Waals surface area contributed by atoms with Crippen molar-refractivity contribution >= 4 is 49.2 Å². The Labute approximate surface area is 226 Å². The lowest BCUT2D eigenvalue weighted by Crippen LogP contribution is -2.56. The van der Waals surface area contributed by atoms with Crippen molar-refractivity contribution in [2.24, 2.45) is 0 Å². The van der Waals surface area contributed by atoms with E-state index in [-0.39, 0.29) is 23.4 Å². The summed E-state index contributed by atoms with van der Waals surface area (Å²) in [4.78, 5) is 37.8. The van der Waals surface area contributed by atoms with Crippen LogP contribution >= 0.6 is 11.3 Å². The number of amides is 3. The van der Waals surface area contributed by atoms with Crippen LogP contribution < -0.4 is 4.90 Å². The number of carbonyl (C=O) groups is 2. The first-order chi connectivity index (χ1) is 18.4. The third-order valence-electron chi connectivity index (χ3n) is 7.94. The first-order valence-corrected chi connectivity index (χ1v) is 15.5. The van der Waals surface area contributed by atoms with Crippen LogP contribution in [0.1, 0.15) is 32.1 Å². The van der Waals surface area contributed by atoms with Crippen molar-refractivity contribution in [3.05, 3.63) is 54.0 Å². The number of fused-ring (bicyclic) bond motifs is 1. The number of piperazine rings is 1. The van der Waals surface area contributed by atoms with E-state index in [2.05, 4.69) is 21.3 Å². The van der Waals surface area contributed by atoms with E-state index in [0.29, 0.717) is 26.2 Å². The number of benzene rings is 1. The molecule has 0 radical (unpaired) electrons. The number of carbonyl (C=O) groups excluding carboxylic acids is 2. The van der Waals surface area contributed by atoms with Crippen molar-refractivity contribution in [3.8, 4) is 0 Å². The minimum absolute atomic E-state index is 0.0637. The summed E-state index contributed by atoms with van der Waals surface area (Å²) < 4.78 is 29.0. The number of hydrogen-bond donors (Lipinski definition) is 0.